The molecule has 0 amide bonds. The number of fused-ring (bicyclic) bond motifs is 4. The van der Waals surface area contributed by atoms with Gasteiger partial charge in [-0.3, -0.25) is 9.13 Å². The van der Waals surface area contributed by atoms with Crippen molar-refractivity contribution in [1.82, 2.24) is 18.7 Å². The quantitative estimate of drug-likeness (QED) is 0.139. The number of hydrogen-bond acceptors (Lipinski definition) is 2. The molecule has 6 nitrogen and oxygen atoms in total. The molecule has 3 heterocycles. The minimum absolute atomic E-state index is 0. The molecule has 6 aromatic carbocycles. The number of phenols is 1. The smallest absolute Gasteiger partial charge is 0.511 e. The number of rotatable bonds is 5. The van der Waals surface area contributed by atoms with Crippen molar-refractivity contribution in [3.05, 3.63) is 164 Å². The Morgan fingerprint density at radius 3 is 2.22 bits per heavy atom. The van der Waals surface area contributed by atoms with Gasteiger partial charge in [0, 0.05) is 23.5 Å². The Balaban J connectivity index is 0.00000374. The zero-order valence-electron chi connectivity index (χ0n) is 28.4. The summed E-state index contributed by atoms with van der Waals surface area (Å²) in [5.41, 5.74) is 9.94. The third-order valence-electron chi connectivity index (χ3n) is 9.48. The van der Waals surface area contributed by atoms with Crippen molar-refractivity contribution in [3.8, 4) is 39.9 Å². The van der Waals surface area contributed by atoms with Crippen LogP contribution in [0, 0.1) is 12.4 Å². The third-order valence-corrected chi connectivity index (χ3v) is 9.48. The van der Waals surface area contributed by atoms with E-state index in [1.165, 1.54) is 5.56 Å². The Morgan fingerprint density at radius 2 is 1.41 bits per heavy atom. The van der Waals surface area contributed by atoms with E-state index >= 15 is 0 Å². The topological polar surface area (TPSA) is 51.8 Å². The fourth-order valence-corrected chi connectivity index (χ4v) is 6.93. The second-order valence-corrected chi connectivity index (χ2v) is 13.7. The zero-order valence-corrected chi connectivity index (χ0v) is 30.6. The van der Waals surface area contributed by atoms with Gasteiger partial charge in [0.25, 0.3) is 6.33 Å². The molecule has 0 bridgehead atoms. The van der Waals surface area contributed by atoms with Gasteiger partial charge in [-0.25, -0.2) is 4.98 Å². The molecule has 51 heavy (non-hydrogen) atoms. The largest absolute Gasteiger partial charge is 2.00 e. The normalized spacial score (nSPS) is 11.7. The van der Waals surface area contributed by atoms with E-state index in [1.807, 2.05) is 41.2 Å². The van der Waals surface area contributed by atoms with Crippen LogP contribution in [0.15, 0.2) is 146 Å². The van der Waals surface area contributed by atoms with Crippen LogP contribution >= 0.6 is 0 Å². The first-order chi connectivity index (χ1) is 24.3. The van der Waals surface area contributed by atoms with Gasteiger partial charge in [-0.2, -0.15) is 12.1 Å². The van der Waals surface area contributed by atoms with Gasteiger partial charge >= 0.3 is 21.1 Å². The van der Waals surface area contributed by atoms with Gasteiger partial charge in [0.1, 0.15) is 11.4 Å². The average Bonchev–Trinajstić information content (AvgIpc) is 3.86. The Bertz CT molecular complexity index is 2710. The number of benzene rings is 6. The van der Waals surface area contributed by atoms with Crippen LogP contribution < -0.4 is 4.57 Å². The van der Waals surface area contributed by atoms with E-state index in [1.54, 1.807) is 10.6 Å². The maximum Gasteiger partial charge on any atom is 2.00 e. The monoisotopic (exact) mass is 843 g/mol. The maximum atomic E-state index is 10.5. The van der Waals surface area contributed by atoms with Gasteiger partial charge in [0.05, 0.1) is 16.7 Å². The van der Waals surface area contributed by atoms with Crippen LogP contribution in [0.4, 0.5) is 0 Å². The van der Waals surface area contributed by atoms with Crippen molar-refractivity contribution >= 4 is 32.8 Å². The third kappa shape index (κ3) is 5.47. The molecule has 0 aliphatic heterocycles. The Kier molecular flexibility index (Phi) is 8.00. The molecule has 0 spiro atoms. The zero-order chi connectivity index (χ0) is 34.0. The molecular weight excluding hydrogens is 810 g/mol. The molecule has 1 N–H and O–H groups in total. The molecule has 0 saturated carbocycles. The summed E-state index contributed by atoms with van der Waals surface area (Å²) in [6.07, 6.45) is 7.17. The standard InChI is InChI=1S/C44H34N5O.Pt/c1-44(2,3)31-21-24-38(35(27-31)30-13-5-4-6-14-30)48-39-18-10-8-16-36(39)45-43(48)49-37-17-9-7-15-33(37)34-23-22-32(28-41(34)49)46-25-26-47(29-46)40-19-11-12-20-42(40)50;/h4-27,50H,1-3H3;/q-1;+2. The Morgan fingerprint density at radius 1 is 0.686 bits per heavy atom. The maximum absolute atomic E-state index is 10.5. The molecule has 0 saturated heterocycles. The van der Waals surface area contributed by atoms with Crippen LogP contribution in [0.2, 0.25) is 0 Å². The van der Waals surface area contributed by atoms with Crippen molar-refractivity contribution in [2.75, 3.05) is 0 Å². The first-order valence-electron chi connectivity index (χ1n) is 16.8. The number of hydrogen-bond donors (Lipinski definition) is 1. The van der Waals surface area contributed by atoms with Crippen LogP contribution in [0.3, 0.4) is 0 Å². The van der Waals surface area contributed by atoms with Crippen molar-refractivity contribution in [2.45, 2.75) is 26.2 Å². The second kappa shape index (κ2) is 12.6. The summed E-state index contributed by atoms with van der Waals surface area (Å²) in [5.74, 6) is 0.975. The molecule has 7 heteroatoms. The molecule has 250 valence electrons. The SMILES string of the molecule is CC(C)(C)c1ccc(-n2c(-n3c4[c-]c(-[n+]5[c-]n(-c6ccccc6O)cc5)ccc4c4ccccc43)nc3ccccc32)c(-c2ccccc2)c1.[Pt+2]. The molecular formula is C44H34N5OPt+. The van der Waals surface area contributed by atoms with Gasteiger partial charge in [0.15, 0.2) is 0 Å². The van der Waals surface area contributed by atoms with Crippen molar-refractivity contribution in [3.63, 3.8) is 0 Å². The van der Waals surface area contributed by atoms with Crippen molar-refractivity contribution in [2.24, 2.45) is 0 Å². The van der Waals surface area contributed by atoms with E-state index in [9.17, 15) is 5.11 Å². The summed E-state index contributed by atoms with van der Waals surface area (Å²) in [5, 5.41) is 12.7. The number of aromatic hydroxyl groups is 1. The van der Waals surface area contributed by atoms with Crippen LogP contribution in [0.1, 0.15) is 26.3 Å². The number of nitrogens with zero attached hydrogens (tertiary/aromatic N) is 5. The predicted octanol–water partition coefficient (Wildman–Crippen LogP) is 9.46. The molecule has 0 unspecified atom stereocenters. The molecule has 0 aliphatic rings. The summed E-state index contributed by atoms with van der Waals surface area (Å²) in [7, 11) is 0. The molecule has 9 rings (SSSR count). The van der Waals surface area contributed by atoms with Crippen molar-refractivity contribution < 1.29 is 30.7 Å². The number of phenolic OH excluding ortho intramolecular Hbond substituents is 1. The van der Waals surface area contributed by atoms with Crippen molar-refractivity contribution in [1.29, 1.82) is 0 Å². The van der Waals surface area contributed by atoms with Crippen LogP contribution in [0.5, 0.6) is 5.75 Å². The summed E-state index contributed by atoms with van der Waals surface area (Å²) < 4.78 is 8.22. The van der Waals surface area contributed by atoms with E-state index in [0.717, 1.165) is 61.3 Å². The average molecular weight is 844 g/mol. The van der Waals surface area contributed by atoms with Crippen LogP contribution in [-0.2, 0) is 26.5 Å². The Labute approximate surface area is 310 Å². The van der Waals surface area contributed by atoms with E-state index < -0.39 is 0 Å². The fraction of sp³-hybridized carbons (Fsp3) is 0.0909. The summed E-state index contributed by atoms with van der Waals surface area (Å²) in [4.78, 5) is 5.35. The van der Waals surface area contributed by atoms with Crippen LogP contribution in [0.25, 0.3) is 67.0 Å². The number of aromatic nitrogens is 5. The minimum atomic E-state index is -0.0209. The second-order valence-electron chi connectivity index (χ2n) is 13.7. The van der Waals surface area contributed by atoms with Gasteiger partial charge in [0.2, 0.25) is 5.95 Å². The molecule has 0 aliphatic carbocycles. The molecule has 0 radical (unpaired) electrons. The summed E-state index contributed by atoms with van der Waals surface area (Å²) >= 11 is 0. The summed E-state index contributed by atoms with van der Waals surface area (Å²) in [6.45, 7) is 6.77. The molecule has 3 aromatic heterocycles. The minimum Gasteiger partial charge on any atom is -0.511 e. The Hall–Kier alpha value is -5.71. The molecule has 9 aromatic rings. The van der Waals surface area contributed by atoms with E-state index in [2.05, 4.69) is 145 Å². The van der Waals surface area contributed by atoms with Gasteiger partial charge in [-0.1, -0.05) is 105 Å². The molecule has 0 fully saturated rings. The number of para-hydroxylation sites is 5. The van der Waals surface area contributed by atoms with E-state index in [4.69, 9.17) is 4.98 Å². The van der Waals surface area contributed by atoms with Gasteiger partial charge in [-0.05, 0) is 70.1 Å². The predicted molar refractivity (Wildman–Crippen MR) is 200 cm³/mol. The van der Waals surface area contributed by atoms with E-state index in [-0.39, 0.29) is 32.2 Å². The van der Waals surface area contributed by atoms with Gasteiger partial charge < -0.3 is 14.2 Å². The fourth-order valence-electron chi connectivity index (χ4n) is 6.93. The first kappa shape index (κ1) is 32.5. The number of imidazole rings is 2. The summed E-state index contributed by atoms with van der Waals surface area (Å²) in [6, 6.07) is 49.5. The first-order valence-corrected chi connectivity index (χ1v) is 16.8. The molecule has 0 atom stereocenters. The van der Waals surface area contributed by atoms with Crippen LogP contribution in [-0.4, -0.2) is 23.8 Å². The van der Waals surface area contributed by atoms with E-state index in [0.29, 0.717) is 5.69 Å². The van der Waals surface area contributed by atoms with Gasteiger partial charge in [-0.15, -0.1) is 11.5 Å².